The Morgan fingerprint density at radius 3 is 1.28 bits per heavy atom. The van der Waals surface area contributed by atoms with Crippen molar-refractivity contribution in [3.8, 4) is 0 Å². The number of unbranched alkanes of at least 4 members (excludes halogenated alkanes) is 19. The van der Waals surface area contributed by atoms with Gasteiger partial charge in [0.05, 0.1) is 34.4 Å². The van der Waals surface area contributed by atoms with Crippen molar-refractivity contribution in [2.24, 2.45) is 0 Å². The minimum Gasteiger partial charge on any atom is -0.477 e. The van der Waals surface area contributed by atoms with Gasteiger partial charge in [-0.25, -0.2) is 4.79 Å². The van der Waals surface area contributed by atoms with Crippen LogP contribution in [-0.2, 0) is 33.3 Å². The Morgan fingerprint density at radius 1 is 0.463 bits per heavy atom. The number of ether oxygens (including phenoxy) is 4. The molecule has 67 heavy (non-hydrogen) atoms. The lowest BCUT2D eigenvalue weighted by Gasteiger charge is -2.25. The summed E-state index contributed by atoms with van der Waals surface area (Å²) in [6, 6.07) is 0. The second kappa shape index (κ2) is 48.9. The Labute approximate surface area is 410 Å². The second-order valence-corrected chi connectivity index (χ2v) is 18.8. The number of allylic oxidation sites excluding steroid dienone is 14. The number of carboxylic acid groups (broad SMARTS) is 1. The van der Waals surface area contributed by atoms with Crippen LogP contribution in [0.2, 0.25) is 0 Å². The van der Waals surface area contributed by atoms with Gasteiger partial charge in [-0.1, -0.05) is 189 Å². The number of aliphatic carboxylic acids is 1. The summed E-state index contributed by atoms with van der Waals surface area (Å²) < 4.78 is 22.8. The van der Waals surface area contributed by atoms with Crippen LogP contribution in [0.25, 0.3) is 0 Å². The number of hydrogen-bond acceptors (Lipinski definition) is 7. The van der Waals surface area contributed by atoms with Gasteiger partial charge in [0.2, 0.25) is 0 Å². The van der Waals surface area contributed by atoms with Gasteiger partial charge in [-0.15, -0.1) is 0 Å². The number of hydrogen-bond donors (Lipinski definition) is 1. The van der Waals surface area contributed by atoms with Crippen LogP contribution < -0.4 is 0 Å². The SMILES string of the molecule is CC/C=C\C/C=C\C/C=C\C/C=C\C/C=C\C/C=C\CCCCCCCCCCC(=O)OC(COC(=O)CCCCCCC/C=C\CCCCCCCC)COC(OCC[N+](C)(C)C)C(=O)O. The molecule has 2 unspecified atom stereocenters. The van der Waals surface area contributed by atoms with Crippen molar-refractivity contribution in [2.75, 3.05) is 47.5 Å². The highest BCUT2D eigenvalue weighted by molar-refractivity contribution is 5.71. The first-order valence-corrected chi connectivity index (χ1v) is 26.8. The average Bonchev–Trinajstić information content (AvgIpc) is 3.29. The van der Waals surface area contributed by atoms with Crippen molar-refractivity contribution < 1.29 is 42.9 Å². The molecular weight excluding hydrogens is 839 g/mol. The minimum absolute atomic E-state index is 0.181. The third-order valence-corrected chi connectivity index (χ3v) is 11.1. The van der Waals surface area contributed by atoms with Crippen LogP contribution in [0.3, 0.4) is 0 Å². The molecule has 0 aliphatic carbocycles. The first-order valence-electron chi connectivity index (χ1n) is 26.8. The number of carbonyl (C=O) groups is 3. The van der Waals surface area contributed by atoms with E-state index in [-0.39, 0.29) is 38.6 Å². The summed E-state index contributed by atoms with van der Waals surface area (Å²) in [5, 5.41) is 9.68. The summed E-state index contributed by atoms with van der Waals surface area (Å²) >= 11 is 0. The van der Waals surface area contributed by atoms with Crippen molar-refractivity contribution in [1.82, 2.24) is 0 Å². The van der Waals surface area contributed by atoms with Gasteiger partial charge in [0.25, 0.3) is 6.29 Å². The molecule has 0 bridgehead atoms. The molecule has 0 spiro atoms. The van der Waals surface area contributed by atoms with E-state index in [1.165, 1.54) is 70.6 Å². The van der Waals surface area contributed by atoms with Crippen LogP contribution in [0.15, 0.2) is 85.1 Å². The molecule has 0 aromatic carbocycles. The topological polar surface area (TPSA) is 108 Å². The molecule has 2 atom stereocenters. The first-order chi connectivity index (χ1) is 32.6. The quantitative estimate of drug-likeness (QED) is 0.0211. The van der Waals surface area contributed by atoms with Gasteiger partial charge in [0.15, 0.2) is 6.10 Å². The molecule has 0 amide bonds. The first kappa shape index (κ1) is 63.5. The summed E-state index contributed by atoms with van der Waals surface area (Å²) in [4.78, 5) is 37.3. The fourth-order valence-electron chi connectivity index (χ4n) is 7.01. The zero-order chi connectivity index (χ0) is 49.2. The zero-order valence-electron chi connectivity index (χ0n) is 43.5. The normalized spacial score (nSPS) is 13.5. The van der Waals surface area contributed by atoms with Gasteiger partial charge < -0.3 is 28.5 Å². The predicted octanol–water partition coefficient (Wildman–Crippen LogP) is 15.2. The maximum atomic E-state index is 12.8. The third-order valence-electron chi connectivity index (χ3n) is 11.1. The summed E-state index contributed by atoms with van der Waals surface area (Å²) in [5.74, 6) is -2.03. The molecule has 0 aromatic heterocycles. The van der Waals surface area contributed by atoms with Gasteiger partial charge in [-0.05, 0) is 89.9 Å². The molecular formula is C58H100NO8+. The molecule has 0 saturated carbocycles. The van der Waals surface area contributed by atoms with Crippen LogP contribution in [0.1, 0.15) is 206 Å². The lowest BCUT2D eigenvalue weighted by Crippen LogP contribution is -2.40. The van der Waals surface area contributed by atoms with E-state index in [0.29, 0.717) is 17.4 Å². The Balaban J connectivity index is 4.33. The number of quaternary nitrogens is 1. The Bertz CT molecular complexity index is 1370. The fraction of sp³-hybridized carbons (Fsp3) is 0.707. The molecule has 0 rings (SSSR count). The number of esters is 2. The van der Waals surface area contributed by atoms with Gasteiger partial charge in [-0.3, -0.25) is 9.59 Å². The molecule has 384 valence electrons. The Kier molecular flexibility index (Phi) is 46.3. The lowest BCUT2D eigenvalue weighted by atomic mass is 10.1. The Morgan fingerprint density at radius 2 is 0.851 bits per heavy atom. The number of nitrogens with zero attached hydrogens (tertiary/aromatic N) is 1. The van der Waals surface area contributed by atoms with Crippen molar-refractivity contribution in [1.29, 1.82) is 0 Å². The highest BCUT2D eigenvalue weighted by atomic mass is 16.7. The summed E-state index contributed by atoms with van der Waals surface area (Å²) in [6.07, 6.45) is 60.7. The minimum atomic E-state index is -1.52. The molecule has 0 aliphatic heterocycles. The molecule has 0 saturated heterocycles. The third kappa shape index (κ3) is 50.2. The van der Waals surface area contributed by atoms with E-state index >= 15 is 0 Å². The van der Waals surface area contributed by atoms with Crippen molar-refractivity contribution >= 4 is 17.9 Å². The maximum Gasteiger partial charge on any atom is 0.361 e. The molecule has 0 fully saturated rings. The van der Waals surface area contributed by atoms with Crippen molar-refractivity contribution in [3.05, 3.63) is 85.1 Å². The molecule has 9 nitrogen and oxygen atoms in total. The van der Waals surface area contributed by atoms with Crippen LogP contribution in [0.5, 0.6) is 0 Å². The monoisotopic (exact) mass is 939 g/mol. The highest BCUT2D eigenvalue weighted by Crippen LogP contribution is 2.14. The molecule has 0 aromatic rings. The van der Waals surface area contributed by atoms with E-state index in [1.807, 2.05) is 21.1 Å². The molecule has 1 N–H and O–H groups in total. The van der Waals surface area contributed by atoms with Gasteiger partial charge >= 0.3 is 17.9 Å². The van der Waals surface area contributed by atoms with E-state index in [9.17, 15) is 19.5 Å². The fourth-order valence-corrected chi connectivity index (χ4v) is 7.01. The predicted molar refractivity (Wildman–Crippen MR) is 281 cm³/mol. The van der Waals surface area contributed by atoms with E-state index in [2.05, 4.69) is 98.9 Å². The summed E-state index contributed by atoms with van der Waals surface area (Å²) in [5.41, 5.74) is 0. The largest absolute Gasteiger partial charge is 0.477 e. The number of rotatable bonds is 48. The highest BCUT2D eigenvalue weighted by Gasteiger charge is 2.25. The van der Waals surface area contributed by atoms with Crippen LogP contribution >= 0.6 is 0 Å². The zero-order valence-corrected chi connectivity index (χ0v) is 43.5. The van der Waals surface area contributed by atoms with Crippen molar-refractivity contribution in [2.45, 2.75) is 219 Å². The number of likely N-dealkylation sites (N-methyl/N-ethyl adjacent to an activating group) is 1. The lowest BCUT2D eigenvalue weighted by molar-refractivity contribution is -0.870. The van der Waals surface area contributed by atoms with E-state index in [4.69, 9.17) is 18.9 Å². The number of carboxylic acids is 1. The van der Waals surface area contributed by atoms with Crippen molar-refractivity contribution in [3.63, 3.8) is 0 Å². The molecule has 0 aliphatic rings. The van der Waals surface area contributed by atoms with Crippen LogP contribution in [0, 0.1) is 0 Å². The Hall–Kier alpha value is -3.53. The maximum absolute atomic E-state index is 12.8. The van der Waals surface area contributed by atoms with Gasteiger partial charge in [0.1, 0.15) is 13.2 Å². The summed E-state index contributed by atoms with van der Waals surface area (Å²) in [6.45, 7) is 4.73. The standard InChI is InChI=1S/C58H99NO8/c1-6-8-10-12-14-16-18-20-22-23-24-25-26-27-28-29-30-31-32-33-35-37-39-41-43-45-47-49-56(61)67-54(53-66-58(57(62)63)64-51-50-59(3,4)5)52-65-55(60)48-46-44-42-40-38-36-34-21-19-17-15-13-11-9-7-2/h8,10,14,16,20-22,24-25,27-28,30-31,34,54,58H,6-7,9,11-13,15,17-19,23,26,29,32-33,35-53H2,1-5H3/p+1/b10-8-,16-14-,22-20-,25-24-,28-27-,31-30-,34-21-. The van der Waals surface area contributed by atoms with E-state index in [0.717, 1.165) is 103 Å². The molecule has 0 radical (unpaired) electrons. The second-order valence-electron chi connectivity index (χ2n) is 18.8. The van der Waals surface area contributed by atoms with E-state index in [1.54, 1.807) is 0 Å². The molecule has 9 heteroatoms. The van der Waals surface area contributed by atoms with Crippen LogP contribution in [-0.4, -0.2) is 87.4 Å². The van der Waals surface area contributed by atoms with Gasteiger partial charge in [-0.2, -0.15) is 0 Å². The van der Waals surface area contributed by atoms with E-state index < -0.39 is 24.3 Å². The van der Waals surface area contributed by atoms with Crippen LogP contribution in [0.4, 0.5) is 0 Å². The molecule has 0 heterocycles. The smallest absolute Gasteiger partial charge is 0.361 e. The van der Waals surface area contributed by atoms with Gasteiger partial charge in [0, 0.05) is 12.8 Å². The number of carbonyl (C=O) groups excluding carboxylic acids is 2. The summed E-state index contributed by atoms with van der Waals surface area (Å²) in [7, 11) is 5.95. The average molecular weight is 939 g/mol.